The normalized spacial score (nSPS) is 12.4. The van der Waals surface area contributed by atoms with Gasteiger partial charge in [0, 0.05) is 4.90 Å². The molecular weight excluding hydrogens is 339 g/mol. The first-order chi connectivity index (χ1) is 8.58. The zero-order valence-electron chi connectivity index (χ0n) is 9.40. The lowest BCUT2D eigenvalue weighted by Crippen LogP contribution is -2.01. The maximum Gasteiger partial charge on any atom is 0.223 e. The van der Waals surface area contributed by atoms with Crippen LogP contribution in [0.5, 0.6) is 0 Å². The minimum Gasteiger partial charge on any atom is -0.219 e. The summed E-state index contributed by atoms with van der Waals surface area (Å²) >= 11 is 10.3. The predicted octanol–water partition coefficient (Wildman–Crippen LogP) is 4.88. The van der Waals surface area contributed by atoms with Crippen LogP contribution in [0, 0.1) is 5.82 Å². The molecular formula is C12H9BrClFN2S. The van der Waals surface area contributed by atoms with E-state index in [2.05, 4.69) is 25.9 Å². The number of rotatable bonds is 3. The molecule has 0 aliphatic rings. The van der Waals surface area contributed by atoms with Crippen molar-refractivity contribution < 1.29 is 4.39 Å². The van der Waals surface area contributed by atoms with E-state index in [9.17, 15) is 4.39 Å². The first-order valence-electron chi connectivity index (χ1n) is 5.18. The van der Waals surface area contributed by atoms with Crippen molar-refractivity contribution in [3.8, 4) is 0 Å². The largest absolute Gasteiger partial charge is 0.223 e. The Balaban J connectivity index is 2.39. The fourth-order valence-electron chi connectivity index (χ4n) is 1.35. The van der Waals surface area contributed by atoms with Crippen LogP contribution in [0.25, 0.3) is 0 Å². The maximum absolute atomic E-state index is 14.2. The van der Waals surface area contributed by atoms with Crippen LogP contribution >= 0.6 is 39.3 Å². The second kappa shape index (κ2) is 5.99. The van der Waals surface area contributed by atoms with Gasteiger partial charge < -0.3 is 0 Å². The topological polar surface area (TPSA) is 25.8 Å². The molecule has 1 aromatic heterocycles. The second-order valence-corrected chi connectivity index (χ2v) is 6.30. The molecule has 0 bridgehead atoms. The van der Waals surface area contributed by atoms with Crippen LogP contribution in [0.1, 0.15) is 17.4 Å². The number of hydrogen-bond donors (Lipinski definition) is 0. The Bertz CT molecular complexity index is 551. The van der Waals surface area contributed by atoms with Crippen molar-refractivity contribution in [3.05, 3.63) is 47.1 Å². The summed E-state index contributed by atoms with van der Waals surface area (Å²) in [5.41, 5.74) is 0.272. The van der Waals surface area contributed by atoms with Crippen LogP contribution in [0.4, 0.5) is 4.39 Å². The van der Waals surface area contributed by atoms with Crippen molar-refractivity contribution >= 4 is 39.3 Å². The Morgan fingerprint density at radius 1 is 1.28 bits per heavy atom. The molecule has 0 aliphatic carbocycles. The lowest BCUT2D eigenvalue weighted by atomic mass is 10.3. The first kappa shape index (κ1) is 13.8. The molecule has 0 fully saturated rings. The van der Waals surface area contributed by atoms with Gasteiger partial charge in [-0.15, -0.1) is 0 Å². The van der Waals surface area contributed by atoms with E-state index in [1.807, 2.05) is 30.3 Å². The quantitative estimate of drug-likeness (QED) is 0.450. The number of hydrogen-bond acceptors (Lipinski definition) is 3. The van der Waals surface area contributed by atoms with E-state index in [4.69, 9.17) is 11.6 Å². The second-order valence-electron chi connectivity index (χ2n) is 3.53. The molecule has 1 atom stereocenters. The molecule has 0 aliphatic heterocycles. The van der Waals surface area contributed by atoms with Gasteiger partial charge >= 0.3 is 0 Å². The monoisotopic (exact) mass is 346 g/mol. The highest BCUT2D eigenvalue weighted by Gasteiger charge is 2.17. The highest BCUT2D eigenvalue weighted by molar-refractivity contribution is 9.09. The van der Waals surface area contributed by atoms with Gasteiger partial charge in [0.15, 0.2) is 5.82 Å². The SMILES string of the molecule is CC(Br)c1nc(Cl)nc(Sc2ccccc2)c1F. The fraction of sp³-hybridized carbons (Fsp3) is 0.167. The molecule has 0 N–H and O–H groups in total. The Morgan fingerprint density at radius 2 is 1.94 bits per heavy atom. The van der Waals surface area contributed by atoms with Gasteiger partial charge in [-0.05, 0) is 30.7 Å². The van der Waals surface area contributed by atoms with E-state index in [1.54, 1.807) is 6.92 Å². The summed E-state index contributed by atoms with van der Waals surface area (Å²) in [5.74, 6) is -0.433. The van der Waals surface area contributed by atoms with Crippen molar-refractivity contribution in [1.29, 1.82) is 0 Å². The van der Waals surface area contributed by atoms with Crippen LogP contribution in [0.2, 0.25) is 5.28 Å². The number of alkyl halides is 1. The molecule has 1 unspecified atom stereocenters. The lowest BCUT2D eigenvalue weighted by Gasteiger charge is -2.08. The van der Waals surface area contributed by atoms with Crippen LogP contribution in [-0.4, -0.2) is 9.97 Å². The molecule has 2 rings (SSSR count). The molecule has 0 radical (unpaired) electrons. The smallest absolute Gasteiger partial charge is 0.219 e. The third-order valence-corrected chi connectivity index (χ3v) is 3.73. The van der Waals surface area contributed by atoms with Crippen molar-refractivity contribution in [2.45, 2.75) is 21.7 Å². The molecule has 0 spiro atoms. The standard InChI is InChI=1S/C12H9BrClFN2S/c1-7(13)10-9(15)11(17-12(14)16-10)18-8-5-3-2-4-6-8/h2-7H,1H3. The van der Waals surface area contributed by atoms with Crippen LogP contribution in [0.15, 0.2) is 40.3 Å². The van der Waals surface area contributed by atoms with Crippen LogP contribution < -0.4 is 0 Å². The van der Waals surface area contributed by atoms with Crippen LogP contribution in [0.3, 0.4) is 0 Å². The molecule has 6 heteroatoms. The zero-order chi connectivity index (χ0) is 13.1. The lowest BCUT2D eigenvalue weighted by molar-refractivity contribution is 0.559. The molecule has 1 heterocycles. The van der Waals surface area contributed by atoms with E-state index < -0.39 is 5.82 Å². The molecule has 18 heavy (non-hydrogen) atoms. The molecule has 0 saturated carbocycles. The molecule has 0 saturated heterocycles. The van der Waals surface area contributed by atoms with E-state index in [-0.39, 0.29) is 20.8 Å². The average Bonchev–Trinajstić information content (AvgIpc) is 2.34. The highest BCUT2D eigenvalue weighted by atomic mass is 79.9. The Morgan fingerprint density at radius 3 is 2.56 bits per heavy atom. The van der Waals surface area contributed by atoms with E-state index in [0.717, 1.165) is 4.90 Å². The summed E-state index contributed by atoms with van der Waals surface area (Å²) in [5, 5.41) is 0.290. The number of halogens is 3. The molecule has 2 aromatic rings. The summed E-state index contributed by atoms with van der Waals surface area (Å²) in [6.45, 7) is 1.79. The number of nitrogens with zero attached hydrogens (tertiary/aromatic N) is 2. The molecule has 0 amide bonds. The Hall–Kier alpha value is -0.650. The number of benzene rings is 1. The van der Waals surface area contributed by atoms with Crippen molar-refractivity contribution in [2.75, 3.05) is 0 Å². The van der Waals surface area contributed by atoms with E-state index in [1.165, 1.54) is 11.8 Å². The van der Waals surface area contributed by atoms with Gasteiger partial charge in [-0.2, -0.15) is 0 Å². The van der Waals surface area contributed by atoms with Gasteiger partial charge in [-0.3, -0.25) is 0 Å². The van der Waals surface area contributed by atoms with Crippen molar-refractivity contribution in [1.82, 2.24) is 9.97 Å². The first-order valence-corrected chi connectivity index (χ1v) is 7.29. The van der Waals surface area contributed by atoms with Crippen LogP contribution in [-0.2, 0) is 0 Å². The molecule has 2 nitrogen and oxygen atoms in total. The third kappa shape index (κ3) is 3.22. The summed E-state index contributed by atoms with van der Waals surface area (Å²) < 4.78 is 14.2. The van der Waals surface area contributed by atoms with E-state index >= 15 is 0 Å². The van der Waals surface area contributed by atoms with E-state index in [0.29, 0.717) is 0 Å². The number of aromatic nitrogens is 2. The minimum absolute atomic E-state index is 0.0520. The summed E-state index contributed by atoms with van der Waals surface area (Å²) in [6, 6.07) is 9.45. The van der Waals surface area contributed by atoms with Gasteiger partial charge in [0.1, 0.15) is 5.03 Å². The molecule has 1 aromatic carbocycles. The summed E-state index contributed by atoms with van der Waals surface area (Å²) in [4.78, 5) is 8.51. The van der Waals surface area contributed by atoms with Gasteiger partial charge in [0.2, 0.25) is 5.28 Å². The average molecular weight is 348 g/mol. The van der Waals surface area contributed by atoms with Gasteiger partial charge in [-0.25, -0.2) is 14.4 Å². The van der Waals surface area contributed by atoms with Gasteiger partial charge in [0.25, 0.3) is 0 Å². The van der Waals surface area contributed by atoms with Crippen molar-refractivity contribution in [2.24, 2.45) is 0 Å². The van der Waals surface area contributed by atoms with Gasteiger partial charge in [-0.1, -0.05) is 45.9 Å². The maximum atomic E-state index is 14.2. The Kier molecular flexibility index (Phi) is 4.59. The van der Waals surface area contributed by atoms with Crippen molar-refractivity contribution in [3.63, 3.8) is 0 Å². The summed E-state index contributed by atoms with van der Waals surface area (Å²) in [6.07, 6.45) is 0. The van der Waals surface area contributed by atoms with Gasteiger partial charge in [0.05, 0.1) is 10.5 Å². The third-order valence-electron chi connectivity index (χ3n) is 2.15. The highest BCUT2D eigenvalue weighted by Crippen LogP contribution is 2.33. The molecule has 94 valence electrons. The fourth-order valence-corrected chi connectivity index (χ4v) is 2.72. The predicted molar refractivity (Wildman–Crippen MR) is 74.9 cm³/mol. The zero-order valence-corrected chi connectivity index (χ0v) is 12.6. The summed E-state index contributed by atoms with van der Waals surface area (Å²) in [7, 11) is 0. The minimum atomic E-state index is -0.433. The Labute approximate surface area is 122 Å².